The lowest BCUT2D eigenvalue weighted by molar-refractivity contribution is -0.154. The molecule has 4 heteroatoms. The van der Waals surface area contributed by atoms with Gasteiger partial charge in [-0.3, -0.25) is 9.69 Å². The predicted octanol–water partition coefficient (Wildman–Crippen LogP) is 3.70. The minimum absolute atomic E-state index is 0.187. The molecule has 0 amide bonds. The van der Waals surface area contributed by atoms with Crippen LogP contribution in [0.1, 0.15) is 55.8 Å². The van der Waals surface area contributed by atoms with Crippen LogP contribution in [0.15, 0.2) is 12.1 Å². The highest BCUT2D eigenvalue weighted by Crippen LogP contribution is 2.37. The Bertz CT molecular complexity index is 457. The third-order valence-electron chi connectivity index (χ3n) is 4.32. The molecular weight excluding hydrogens is 258 g/mol. The number of hydrogen-bond donors (Lipinski definition) is 1. The molecule has 1 N–H and O–H groups in total. The first-order valence-electron chi connectivity index (χ1n) is 7.07. The molecule has 0 aliphatic carbocycles. The van der Waals surface area contributed by atoms with Crippen molar-refractivity contribution in [2.24, 2.45) is 0 Å². The third kappa shape index (κ3) is 2.70. The van der Waals surface area contributed by atoms with Crippen LogP contribution in [0.3, 0.4) is 0 Å². The van der Waals surface area contributed by atoms with Crippen molar-refractivity contribution in [3.05, 3.63) is 21.9 Å². The normalized spacial score (nSPS) is 26.3. The number of carboxylic acid groups (broad SMARTS) is 1. The molecule has 0 radical (unpaired) electrons. The quantitative estimate of drug-likeness (QED) is 0.914. The van der Waals surface area contributed by atoms with Gasteiger partial charge in [0.25, 0.3) is 0 Å². The molecule has 0 spiro atoms. The van der Waals surface area contributed by atoms with Gasteiger partial charge in [-0.15, -0.1) is 11.3 Å². The van der Waals surface area contributed by atoms with E-state index >= 15 is 0 Å². The zero-order chi connectivity index (χ0) is 14.0. The summed E-state index contributed by atoms with van der Waals surface area (Å²) in [5.74, 6) is -0.689. The number of carbonyl (C=O) groups is 1. The maximum absolute atomic E-state index is 11.6. The van der Waals surface area contributed by atoms with Gasteiger partial charge in [0.2, 0.25) is 0 Å². The molecule has 19 heavy (non-hydrogen) atoms. The SMILES string of the molecule is CCc1ccc(C(C)N2CCCCC2(C)C(=O)O)s1. The molecule has 1 aliphatic rings. The van der Waals surface area contributed by atoms with Crippen LogP contribution >= 0.6 is 11.3 Å². The highest BCUT2D eigenvalue weighted by Gasteiger charge is 2.43. The summed E-state index contributed by atoms with van der Waals surface area (Å²) in [5, 5.41) is 9.58. The maximum atomic E-state index is 11.6. The fourth-order valence-electron chi connectivity index (χ4n) is 2.96. The van der Waals surface area contributed by atoms with E-state index < -0.39 is 11.5 Å². The number of thiophene rings is 1. The zero-order valence-corrected chi connectivity index (χ0v) is 12.8. The third-order valence-corrected chi connectivity index (χ3v) is 5.72. The summed E-state index contributed by atoms with van der Waals surface area (Å²) in [4.78, 5) is 16.5. The summed E-state index contributed by atoms with van der Waals surface area (Å²) >= 11 is 1.81. The summed E-state index contributed by atoms with van der Waals surface area (Å²) in [6.07, 6.45) is 3.90. The topological polar surface area (TPSA) is 40.5 Å². The maximum Gasteiger partial charge on any atom is 0.323 e. The Morgan fingerprint density at radius 1 is 1.53 bits per heavy atom. The van der Waals surface area contributed by atoms with Gasteiger partial charge >= 0.3 is 5.97 Å². The first-order valence-corrected chi connectivity index (χ1v) is 7.89. The smallest absolute Gasteiger partial charge is 0.323 e. The van der Waals surface area contributed by atoms with E-state index in [4.69, 9.17) is 0 Å². The Balaban J connectivity index is 2.24. The number of nitrogens with zero attached hydrogens (tertiary/aromatic N) is 1. The van der Waals surface area contributed by atoms with Crippen LogP contribution in [0, 0.1) is 0 Å². The van der Waals surface area contributed by atoms with E-state index in [9.17, 15) is 9.90 Å². The van der Waals surface area contributed by atoms with Gasteiger partial charge in [0.1, 0.15) is 5.54 Å². The fraction of sp³-hybridized carbons (Fsp3) is 0.667. The first kappa shape index (κ1) is 14.5. The minimum atomic E-state index is -0.714. The Hall–Kier alpha value is -0.870. The summed E-state index contributed by atoms with van der Waals surface area (Å²) in [7, 11) is 0. The van der Waals surface area contributed by atoms with Gasteiger partial charge in [-0.1, -0.05) is 6.92 Å². The van der Waals surface area contributed by atoms with Crippen molar-refractivity contribution in [1.29, 1.82) is 0 Å². The van der Waals surface area contributed by atoms with Gasteiger partial charge in [-0.05, 0) is 58.2 Å². The number of likely N-dealkylation sites (tertiary alicyclic amines) is 1. The first-order chi connectivity index (χ1) is 8.99. The fourth-order valence-corrected chi connectivity index (χ4v) is 3.97. The molecule has 2 rings (SSSR count). The lowest BCUT2D eigenvalue weighted by Crippen LogP contribution is -2.55. The number of aliphatic carboxylic acids is 1. The average Bonchev–Trinajstić information content (AvgIpc) is 2.87. The molecule has 2 heterocycles. The molecule has 1 saturated heterocycles. The molecule has 1 aromatic heterocycles. The second-order valence-corrected chi connectivity index (χ2v) is 6.76. The summed E-state index contributed by atoms with van der Waals surface area (Å²) in [6, 6.07) is 4.51. The Morgan fingerprint density at radius 3 is 2.84 bits per heavy atom. The van der Waals surface area contributed by atoms with Gasteiger partial charge in [-0.2, -0.15) is 0 Å². The van der Waals surface area contributed by atoms with E-state index in [1.807, 2.05) is 18.3 Å². The van der Waals surface area contributed by atoms with Gasteiger partial charge in [0.15, 0.2) is 0 Å². The van der Waals surface area contributed by atoms with Crippen molar-refractivity contribution in [2.45, 2.75) is 58.0 Å². The molecule has 3 nitrogen and oxygen atoms in total. The summed E-state index contributed by atoms with van der Waals surface area (Å²) < 4.78 is 0. The average molecular weight is 281 g/mol. The molecule has 1 fully saturated rings. The van der Waals surface area contributed by atoms with Crippen molar-refractivity contribution in [3.63, 3.8) is 0 Å². The predicted molar refractivity (Wildman–Crippen MR) is 78.7 cm³/mol. The molecule has 0 saturated carbocycles. The van der Waals surface area contributed by atoms with Crippen LogP contribution in [-0.4, -0.2) is 28.1 Å². The van der Waals surface area contributed by atoms with E-state index in [1.165, 1.54) is 9.75 Å². The van der Waals surface area contributed by atoms with Gasteiger partial charge in [-0.25, -0.2) is 0 Å². The van der Waals surface area contributed by atoms with Gasteiger partial charge < -0.3 is 5.11 Å². The molecular formula is C15H23NO2S. The van der Waals surface area contributed by atoms with Crippen LogP contribution < -0.4 is 0 Å². The Labute approximate surface area is 119 Å². The molecule has 1 aromatic rings. The van der Waals surface area contributed by atoms with E-state index in [2.05, 4.69) is 30.9 Å². The van der Waals surface area contributed by atoms with Crippen LogP contribution in [0.2, 0.25) is 0 Å². The number of carboxylic acids is 1. The lowest BCUT2D eigenvalue weighted by atomic mass is 9.87. The molecule has 2 atom stereocenters. The monoisotopic (exact) mass is 281 g/mol. The largest absolute Gasteiger partial charge is 0.480 e. The van der Waals surface area contributed by atoms with E-state index in [0.29, 0.717) is 0 Å². The highest BCUT2D eigenvalue weighted by molar-refractivity contribution is 7.12. The van der Waals surface area contributed by atoms with Crippen molar-refractivity contribution in [2.75, 3.05) is 6.54 Å². The molecule has 0 aromatic carbocycles. The summed E-state index contributed by atoms with van der Waals surface area (Å²) in [5.41, 5.74) is -0.714. The van der Waals surface area contributed by atoms with Crippen LogP contribution in [0.4, 0.5) is 0 Å². The van der Waals surface area contributed by atoms with Crippen molar-refractivity contribution >= 4 is 17.3 Å². The number of rotatable bonds is 4. The standard InChI is InChI=1S/C15H23NO2S/c1-4-12-7-8-13(19-12)11(2)16-10-6-5-9-15(16,3)14(17)18/h7-8,11H,4-6,9-10H2,1-3H3,(H,17,18). The molecule has 1 aliphatic heterocycles. The van der Waals surface area contributed by atoms with Crippen molar-refractivity contribution < 1.29 is 9.90 Å². The minimum Gasteiger partial charge on any atom is -0.480 e. The second-order valence-electron chi connectivity index (χ2n) is 5.56. The van der Waals surface area contributed by atoms with E-state index in [-0.39, 0.29) is 6.04 Å². The van der Waals surface area contributed by atoms with E-state index in [1.54, 1.807) is 0 Å². The Kier molecular flexibility index (Phi) is 4.31. The van der Waals surface area contributed by atoms with Crippen LogP contribution in [0.5, 0.6) is 0 Å². The molecule has 0 bridgehead atoms. The van der Waals surface area contributed by atoms with Gasteiger partial charge in [0.05, 0.1) is 0 Å². The number of piperidine rings is 1. The van der Waals surface area contributed by atoms with Crippen LogP contribution in [-0.2, 0) is 11.2 Å². The zero-order valence-electron chi connectivity index (χ0n) is 12.0. The van der Waals surface area contributed by atoms with Crippen LogP contribution in [0.25, 0.3) is 0 Å². The van der Waals surface area contributed by atoms with E-state index in [0.717, 1.165) is 32.2 Å². The molecule has 2 unspecified atom stereocenters. The van der Waals surface area contributed by atoms with Crippen molar-refractivity contribution in [3.8, 4) is 0 Å². The summed E-state index contributed by atoms with van der Waals surface area (Å²) in [6.45, 7) is 7.04. The highest BCUT2D eigenvalue weighted by atomic mass is 32.1. The lowest BCUT2D eigenvalue weighted by Gasteiger charge is -2.44. The second kappa shape index (κ2) is 5.63. The van der Waals surface area contributed by atoms with Crippen molar-refractivity contribution in [1.82, 2.24) is 4.90 Å². The molecule has 106 valence electrons. The number of aryl methyl sites for hydroxylation is 1. The van der Waals surface area contributed by atoms with Gasteiger partial charge in [0, 0.05) is 15.8 Å². The number of hydrogen-bond acceptors (Lipinski definition) is 3. The Morgan fingerprint density at radius 2 is 2.26 bits per heavy atom.